The third kappa shape index (κ3) is 1.47. The number of H-pyrrole nitrogens is 1. The Morgan fingerprint density at radius 2 is 1.62 bits per heavy atom. The van der Waals surface area contributed by atoms with Crippen LogP contribution in [0.2, 0.25) is 0 Å². The summed E-state index contributed by atoms with van der Waals surface area (Å²) >= 11 is 3.61. The van der Waals surface area contributed by atoms with Gasteiger partial charge in [0.15, 0.2) is 0 Å². The second-order valence-electron chi connectivity index (χ2n) is 5.28. The van der Waals surface area contributed by atoms with Crippen molar-refractivity contribution in [2.45, 2.75) is 0 Å². The summed E-state index contributed by atoms with van der Waals surface area (Å²) in [5, 5.41) is 4.72. The number of aromatic nitrogens is 1. The minimum Gasteiger partial charge on any atom is -0.456 e. The van der Waals surface area contributed by atoms with Crippen LogP contribution in [0, 0.1) is 0 Å². The Morgan fingerprint density at radius 3 is 2.57 bits per heavy atom. The maximum atomic E-state index is 5.98. The number of fused-ring (bicyclic) bond motifs is 6. The van der Waals surface area contributed by atoms with Gasteiger partial charge in [0.1, 0.15) is 11.2 Å². The van der Waals surface area contributed by atoms with E-state index in [1.807, 2.05) is 18.2 Å². The van der Waals surface area contributed by atoms with Crippen molar-refractivity contribution in [3.05, 3.63) is 59.1 Å². The summed E-state index contributed by atoms with van der Waals surface area (Å²) in [6.45, 7) is 0. The molecule has 0 bridgehead atoms. The minimum atomic E-state index is 0.935. The van der Waals surface area contributed by atoms with E-state index in [1.54, 1.807) is 0 Å². The van der Waals surface area contributed by atoms with Crippen molar-refractivity contribution < 1.29 is 4.42 Å². The van der Waals surface area contributed by atoms with E-state index < -0.39 is 0 Å². The van der Waals surface area contributed by atoms with E-state index in [9.17, 15) is 0 Å². The van der Waals surface area contributed by atoms with E-state index in [1.165, 1.54) is 10.8 Å². The average Bonchev–Trinajstić information content (AvgIpc) is 3.04. The number of halogens is 1. The third-order valence-corrected chi connectivity index (χ3v) is 4.74. The van der Waals surface area contributed by atoms with Crippen molar-refractivity contribution in [3.63, 3.8) is 0 Å². The van der Waals surface area contributed by atoms with Crippen molar-refractivity contribution in [1.29, 1.82) is 0 Å². The highest BCUT2D eigenvalue weighted by Crippen LogP contribution is 2.36. The largest absolute Gasteiger partial charge is 0.456 e. The highest BCUT2D eigenvalue weighted by Gasteiger charge is 2.12. The lowest BCUT2D eigenvalue weighted by molar-refractivity contribution is 0.669. The zero-order valence-electron chi connectivity index (χ0n) is 11.0. The molecule has 21 heavy (non-hydrogen) atoms. The van der Waals surface area contributed by atoms with Crippen molar-refractivity contribution in [2.75, 3.05) is 0 Å². The predicted octanol–water partition coefficient (Wildman–Crippen LogP) is 5.98. The molecule has 3 heteroatoms. The van der Waals surface area contributed by atoms with Crippen LogP contribution in [0.25, 0.3) is 43.7 Å². The molecule has 5 aromatic rings. The van der Waals surface area contributed by atoms with Gasteiger partial charge in [-0.05, 0) is 40.2 Å². The van der Waals surface area contributed by atoms with Crippen molar-refractivity contribution in [1.82, 2.24) is 4.98 Å². The smallest absolute Gasteiger partial charge is 0.136 e. The standard InChI is InChI=1S/C18H10BrNO/c19-14-6-3-5-11-12-9-17-13(8-15(12)20-18(11)14)10-4-1-2-7-16(10)21-17/h1-9,20H. The van der Waals surface area contributed by atoms with Gasteiger partial charge in [0, 0.05) is 31.5 Å². The minimum absolute atomic E-state index is 0.935. The van der Waals surface area contributed by atoms with Crippen molar-refractivity contribution >= 4 is 59.7 Å². The number of benzene rings is 3. The van der Waals surface area contributed by atoms with Crippen LogP contribution in [0.3, 0.4) is 0 Å². The predicted molar refractivity (Wildman–Crippen MR) is 90.8 cm³/mol. The monoisotopic (exact) mass is 335 g/mol. The Hall–Kier alpha value is -2.26. The molecule has 5 rings (SSSR count). The van der Waals surface area contributed by atoms with E-state index in [0.29, 0.717) is 0 Å². The van der Waals surface area contributed by atoms with E-state index in [4.69, 9.17) is 4.42 Å². The molecule has 0 atom stereocenters. The normalized spacial score (nSPS) is 12.0. The fraction of sp³-hybridized carbons (Fsp3) is 0. The van der Waals surface area contributed by atoms with E-state index in [0.717, 1.165) is 37.4 Å². The highest BCUT2D eigenvalue weighted by molar-refractivity contribution is 9.10. The maximum absolute atomic E-state index is 5.98. The molecular formula is C18H10BrNO. The van der Waals surface area contributed by atoms with Crippen LogP contribution in [0.15, 0.2) is 63.5 Å². The molecule has 0 radical (unpaired) electrons. The van der Waals surface area contributed by atoms with Crippen LogP contribution < -0.4 is 0 Å². The van der Waals surface area contributed by atoms with Gasteiger partial charge in [-0.1, -0.05) is 30.3 Å². The molecule has 0 amide bonds. The lowest BCUT2D eigenvalue weighted by Crippen LogP contribution is -1.69. The number of rotatable bonds is 0. The number of furan rings is 1. The van der Waals surface area contributed by atoms with Gasteiger partial charge in [0.2, 0.25) is 0 Å². The van der Waals surface area contributed by atoms with E-state index >= 15 is 0 Å². The summed E-state index contributed by atoms with van der Waals surface area (Å²) < 4.78 is 7.06. The molecule has 2 nitrogen and oxygen atoms in total. The van der Waals surface area contributed by atoms with Crippen LogP contribution in [0.1, 0.15) is 0 Å². The summed E-state index contributed by atoms with van der Waals surface area (Å²) in [6, 6.07) is 18.7. The third-order valence-electron chi connectivity index (χ3n) is 4.08. The zero-order chi connectivity index (χ0) is 14.0. The number of hydrogen-bond acceptors (Lipinski definition) is 1. The van der Waals surface area contributed by atoms with E-state index in [2.05, 4.69) is 57.3 Å². The van der Waals surface area contributed by atoms with Gasteiger partial charge in [-0.25, -0.2) is 0 Å². The summed E-state index contributed by atoms with van der Waals surface area (Å²) in [5.41, 5.74) is 4.13. The molecule has 2 heterocycles. The Balaban J connectivity index is 2.03. The van der Waals surface area contributed by atoms with Gasteiger partial charge in [-0.3, -0.25) is 0 Å². The SMILES string of the molecule is Brc1cccc2c1[nH]c1cc3c(cc12)oc1ccccc13. The number of hydrogen-bond donors (Lipinski definition) is 1. The molecule has 0 saturated heterocycles. The van der Waals surface area contributed by atoms with Gasteiger partial charge in [0.05, 0.1) is 5.52 Å². The van der Waals surface area contributed by atoms with Gasteiger partial charge in [0.25, 0.3) is 0 Å². The highest BCUT2D eigenvalue weighted by atomic mass is 79.9. The topological polar surface area (TPSA) is 28.9 Å². The second-order valence-corrected chi connectivity index (χ2v) is 6.13. The Labute approximate surface area is 128 Å². The van der Waals surface area contributed by atoms with Crippen LogP contribution in [0.4, 0.5) is 0 Å². The summed E-state index contributed by atoms with van der Waals surface area (Å²) in [7, 11) is 0. The second kappa shape index (κ2) is 3.89. The lowest BCUT2D eigenvalue weighted by atomic mass is 10.1. The molecule has 0 fully saturated rings. The summed E-state index contributed by atoms with van der Waals surface area (Å²) in [5.74, 6) is 0. The van der Waals surface area contributed by atoms with E-state index in [-0.39, 0.29) is 0 Å². The van der Waals surface area contributed by atoms with Gasteiger partial charge in [-0.2, -0.15) is 0 Å². The fourth-order valence-corrected chi connectivity index (χ4v) is 3.57. The Kier molecular flexibility index (Phi) is 2.11. The zero-order valence-corrected chi connectivity index (χ0v) is 12.6. The lowest BCUT2D eigenvalue weighted by Gasteiger charge is -1.93. The van der Waals surface area contributed by atoms with Gasteiger partial charge < -0.3 is 9.40 Å². The van der Waals surface area contributed by atoms with Crippen LogP contribution in [0.5, 0.6) is 0 Å². The molecule has 0 unspecified atom stereocenters. The first-order chi connectivity index (χ1) is 10.3. The van der Waals surface area contributed by atoms with Crippen LogP contribution in [-0.4, -0.2) is 4.98 Å². The van der Waals surface area contributed by atoms with Crippen molar-refractivity contribution in [3.8, 4) is 0 Å². The molecule has 3 aromatic carbocycles. The average molecular weight is 336 g/mol. The first kappa shape index (κ1) is 11.4. The molecular weight excluding hydrogens is 326 g/mol. The maximum Gasteiger partial charge on any atom is 0.136 e. The number of aromatic amines is 1. The number of para-hydroxylation sites is 2. The molecule has 0 saturated carbocycles. The molecule has 100 valence electrons. The molecule has 0 aliphatic heterocycles. The van der Waals surface area contributed by atoms with Crippen LogP contribution in [-0.2, 0) is 0 Å². The van der Waals surface area contributed by atoms with Gasteiger partial charge in [-0.15, -0.1) is 0 Å². The molecule has 0 spiro atoms. The van der Waals surface area contributed by atoms with Gasteiger partial charge >= 0.3 is 0 Å². The van der Waals surface area contributed by atoms with Crippen LogP contribution >= 0.6 is 15.9 Å². The summed E-state index contributed by atoms with van der Waals surface area (Å²) in [4.78, 5) is 3.50. The molecule has 0 aliphatic carbocycles. The Morgan fingerprint density at radius 1 is 0.762 bits per heavy atom. The first-order valence-electron chi connectivity index (χ1n) is 6.82. The molecule has 2 aromatic heterocycles. The Bertz CT molecular complexity index is 1150. The summed E-state index contributed by atoms with van der Waals surface area (Å²) in [6.07, 6.45) is 0. The number of nitrogens with one attached hydrogen (secondary N) is 1. The quantitative estimate of drug-likeness (QED) is 0.370. The first-order valence-corrected chi connectivity index (χ1v) is 7.62. The fourth-order valence-electron chi connectivity index (χ4n) is 3.11. The molecule has 1 N–H and O–H groups in total. The van der Waals surface area contributed by atoms with Crippen molar-refractivity contribution in [2.24, 2.45) is 0 Å². The molecule has 0 aliphatic rings.